The zero-order valence-corrected chi connectivity index (χ0v) is 19.1. The predicted octanol–water partition coefficient (Wildman–Crippen LogP) is 4.39. The van der Waals surface area contributed by atoms with Gasteiger partial charge in [0.15, 0.2) is 11.5 Å². The van der Waals surface area contributed by atoms with Gasteiger partial charge in [-0.1, -0.05) is 24.3 Å². The van der Waals surface area contributed by atoms with E-state index in [2.05, 4.69) is 19.9 Å². The molecular weight excluding hydrogens is 406 g/mol. The Kier molecular flexibility index (Phi) is 6.40. The number of rotatable bonds is 6. The SMILES string of the molecule is CCOC(=O)C1CCN(C(=O)c2ccc(COc3cccc4c3OC(C)(C)C4)cc2)CC1. The summed E-state index contributed by atoms with van der Waals surface area (Å²) in [7, 11) is 0. The molecule has 0 spiro atoms. The van der Waals surface area contributed by atoms with Crippen LogP contribution in [0.4, 0.5) is 0 Å². The van der Waals surface area contributed by atoms with E-state index in [9.17, 15) is 9.59 Å². The molecule has 0 saturated carbocycles. The highest BCUT2D eigenvalue weighted by atomic mass is 16.5. The number of nitrogens with zero attached hydrogens (tertiary/aromatic N) is 1. The molecule has 0 unspecified atom stereocenters. The van der Waals surface area contributed by atoms with Crippen LogP contribution in [0.3, 0.4) is 0 Å². The van der Waals surface area contributed by atoms with Crippen molar-refractivity contribution in [1.82, 2.24) is 4.90 Å². The van der Waals surface area contributed by atoms with E-state index in [1.165, 1.54) is 5.56 Å². The number of amides is 1. The Labute approximate surface area is 189 Å². The number of likely N-dealkylation sites (tertiary alicyclic amines) is 1. The Morgan fingerprint density at radius 1 is 1.09 bits per heavy atom. The normalized spacial score (nSPS) is 17.4. The molecule has 1 amide bonds. The number of fused-ring (bicyclic) bond motifs is 1. The Morgan fingerprint density at radius 3 is 2.50 bits per heavy atom. The maximum atomic E-state index is 12.8. The highest BCUT2D eigenvalue weighted by Gasteiger charge is 2.32. The molecule has 0 atom stereocenters. The summed E-state index contributed by atoms with van der Waals surface area (Å²) in [6.45, 7) is 7.90. The van der Waals surface area contributed by atoms with Crippen LogP contribution in [0.25, 0.3) is 0 Å². The first-order chi connectivity index (χ1) is 15.4. The largest absolute Gasteiger partial charge is 0.485 e. The number of carbonyl (C=O) groups excluding carboxylic acids is 2. The highest BCUT2D eigenvalue weighted by molar-refractivity contribution is 5.94. The molecule has 2 aromatic rings. The molecule has 2 aliphatic heterocycles. The topological polar surface area (TPSA) is 65.1 Å². The second-order valence-electron chi connectivity index (χ2n) is 9.09. The monoisotopic (exact) mass is 437 g/mol. The predicted molar refractivity (Wildman–Crippen MR) is 121 cm³/mol. The van der Waals surface area contributed by atoms with Crippen LogP contribution < -0.4 is 9.47 Å². The van der Waals surface area contributed by atoms with Gasteiger partial charge in [-0.15, -0.1) is 0 Å². The summed E-state index contributed by atoms with van der Waals surface area (Å²) in [6.07, 6.45) is 2.17. The van der Waals surface area contributed by atoms with Crippen molar-refractivity contribution < 1.29 is 23.8 Å². The number of carbonyl (C=O) groups is 2. The minimum Gasteiger partial charge on any atom is -0.485 e. The third-order valence-electron chi connectivity index (χ3n) is 6.05. The summed E-state index contributed by atoms with van der Waals surface area (Å²) in [4.78, 5) is 26.6. The van der Waals surface area contributed by atoms with Crippen molar-refractivity contribution in [2.75, 3.05) is 19.7 Å². The van der Waals surface area contributed by atoms with E-state index in [4.69, 9.17) is 14.2 Å². The van der Waals surface area contributed by atoms with Crippen LogP contribution in [0.15, 0.2) is 42.5 Å². The third kappa shape index (κ3) is 4.90. The lowest BCUT2D eigenvalue weighted by Gasteiger charge is -2.31. The lowest BCUT2D eigenvalue weighted by Crippen LogP contribution is -2.40. The number of benzene rings is 2. The molecule has 1 fully saturated rings. The van der Waals surface area contributed by atoms with Gasteiger partial charge in [0.1, 0.15) is 12.2 Å². The molecule has 6 heteroatoms. The van der Waals surface area contributed by atoms with Gasteiger partial charge in [-0.2, -0.15) is 0 Å². The van der Waals surface area contributed by atoms with Gasteiger partial charge in [-0.05, 0) is 57.4 Å². The molecule has 2 heterocycles. The van der Waals surface area contributed by atoms with Crippen LogP contribution in [0.5, 0.6) is 11.5 Å². The lowest BCUT2D eigenvalue weighted by molar-refractivity contribution is -0.149. The van der Waals surface area contributed by atoms with Gasteiger partial charge >= 0.3 is 5.97 Å². The summed E-state index contributed by atoms with van der Waals surface area (Å²) >= 11 is 0. The van der Waals surface area contributed by atoms with Crippen molar-refractivity contribution in [2.24, 2.45) is 5.92 Å². The van der Waals surface area contributed by atoms with Crippen LogP contribution in [0.1, 0.15) is 55.1 Å². The third-order valence-corrected chi connectivity index (χ3v) is 6.05. The zero-order chi connectivity index (χ0) is 22.7. The number of para-hydroxylation sites is 1. The van der Waals surface area contributed by atoms with Gasteiger partial charge in [0.25, 0.3) is 5.91 Å². The Balaban J connectivity index is 1.32. The standard InChI is InChI=1S/C26H31NO5/c1-4-30-25(29)20-12-14-27(15-13-20)24(28)19-10-8-18(9-11-19)17-31-22-7-5-6-21-16-26(2,3)32-23(21)22/h5-11,20H,4,12-17H2,1-3H3. The number of hydrogen-bond donors (Lipinski definition) is 0. The number of hydrogen-bond acceptors (Lipinski definition) is 5. The van der Waals surface area contributed by atoms with Crippen LogP contribution in [-0.4, -0.2) is 42.1 Å². The molecule has 32 heavy (non-hydrogen) atoms. The molecule has 2 aliphatic rings. The smallest absolute Gasteiger partial charge is 0.309 e. The van der Waals surface area contributed by atoms with Gasteiger partial charge < -0.3 is 19.1 Å². The molecule has 0 aliphatic carbocycles. The van der Waals surface area contributed by atoms with Crippen LogP contribution in [-0.2, 0) is 22.6 Å². The van der Waals surface area contributed by atoms with Gasteiger partial charge in [0.2, 0.25) is 0 Å². The van der Waals surface area contributed by atoms with Gasteiger partial charge in [0.05, 0.1) is 12.5 Å². The zero-order valence-electron chi connectivity index (χ0n) is 19.1. The van der Waals surface area contributed by atoms with Crippen molar-refractivity contribution >= 4 is 11.9 Å². The summed E-state index contributed by atoms with van der Waals surface area (Å²) in [5.74, 6) is 1.32. The Bertz CT molecular complexity index is 974. The summed E-state index contributed by atoms with van der Waals surface area (Å²) in [5.41, 5.74) is 2.58. The van der Waals surface area contributed by atoms with E-state index in [0.717, 1.165) is 23.5 Å². The first kappa shape index (κ1) is 22.2. The Hall–Kier alpha value is -3.02. The van der Waals surface area contributed by atoms with E-state index < -0.39 is 0 Å². The average Bonchev–Trinajstić information content (AvgIpc) is 3.12. The fourth-order valence-electron chi connectivity index (χ4n) is 4.37. The highest BCUT2D eigenvalue weighted by Crippen LogP contribution is 2.42. The first-order valence-corrected chi connectivity index (χ1v) is 11.3. The van der Waals surface area contributed by atoms with Crippen molar-refractivity contribution in [3.63, 3.8) is 0 Å². The number of esters is 1. The molecule has 0 radical (unpaired) electrons. The van der Waals surface area contributed by atoms with Gasteiger partial charge in [0, 0.05) is 30.6 Å². The van der Waals surface area contributed by atoms with Crippen molar-refractivity contribution in [3.05, 3.63) is 59.2 Å². The molecule has 1 saturated heterocycles. The summed E-state index contributed by atoms with van der Waals surface area (Å²) in [5, 5.41) is 0. The molecule has 6 nitrogen and oxygen atoms in total. The van der Waals surface area contributed by atoms with Gasteiger partial charge in [-0.3, -0.25) is 9.59 Å². The maximum Gasteiger partial charge on any atom is 0.309 e. The van der Waals surface area contributed by atoms with Crippen molar-refractivity contribution in [3.8, 4) is 11.5 Å². The maximum absolute atomic E-state index is 12.8. The van der Waals surface area contributed by atoms with Crippen molar-refractivity contribution in [2.45, 2.75) is 52.2 Å². The molecule has 2 aromatic carbocycles. The molecule has 0 bridgehead atoms. The summed E-state index contributed by atoms with van der Waals surface area (Å²) in [6, 6.07) is 13.5. The van der Waals surface area contributed by atoms with Gasteiger partial charge in [-0.25, -0.2) is 0 Å². The number of piperidine rings is 1. The second-order valence-corrected chi connectivity index (χ2v) is 9.09. The summed E-state index contributed by atoms with van der Waals surface area (Å²) < 4.78 is 17.2. The average molecular weight is 438 g/mol. The van der Waals surface area contributed by atoms with Crippen LogP contribution in [0, 0.1) is 5.92 Å². The van der Waals surface area contributed by atoms with E-state index in [1.54, 1.807) is 0 Å². The quantitative estimate of drug-likeness (QED) is 0.627. The molecule has 0 aromatic heterocycles. The van der Waals surface area contributed by atoms with Crippen molar-refractivity contribution in [1.29, 1.82) is 0 Å². The molecule has 0 N–H and O–H groups in total. The second kappa shape index (κ2) is 9.23. The Morgan fingerprint density at radius 2 is 1.81 bits per heavy atom. The minimum absolute atomic E-state index is 0.00344. The molecule has 170 valence electrons. The van der Waals surface area contributed by atoms with Crippen LogP contribution in [0.2, 0.25) is 0 Å². The fraction of sp³-hybridized carbons (Fsp3) is 0.462. The van der Waals surface area contributed by atoms with E-state index in [0.29, 0.717) is 44.7 Å². The molecule has 4 rings (SSSR count). The van der Waals surface area contributed by atoms with E-state index in [1.807, 2.05) is 48.2 Å². The van der Waals surface area contributed by atoms with Crippen LogP contribution >= 0.6 is 0 Å². The lowest BCUT2D eigenvalue weighted by atomic mass is 9.96. The van der Waals surface area contributed by atoms with E-state index in [-0.39, 0.29) is 23.4 Å². The fourth-order valence-corrected chi connectivity index (χ4v) is 4.37. The van der Waals surface area contributed by atoms with E-state index >= 15 is 0 Å². The molecular formula is C26H31NO5. The minimum atomic E-state index is -0.214. The first-order valence-electron chi connectivity index (χ1n) is 11.3. The number of ether oxygens (including phenoxy) is 3.